The van der Waals surface area contributed by atoms with Gasteiger partial charge in [0.05, 0.1) is 14.2 Å². The quantitative estimate of drug-likeness (QED) is 0.790. The lowest BCUT2D eigenvalue weighted by Gasteiger charge is -2.30. The minimum Gasteiger partial charge on any atom is -0.493 e. The van der Waals surface area contributed by atoms with Gasteiger partial charge in [0, 0.05) is 25.2 Å². The molecule has 28 heavy (non-hydrogen) atoms. The van der Waals surface area contributed by atoms with Crippen molar-refractivity contribution in [1.82, 2.24) is 10.2 Å². The average molecular weight is 383 g/mol. The van der Waals surface area contributed by atoms with Gasteiger partial charge < -0.3 is 14.8 Å². The number of methoxy groups -OCH3 is 2. The van der Waals surface area contributed by atoms with Crippen LogP contribution in [0.4, 0.5) is 0 Å². The number of benzene rings is 2. The summed E-state index contributed by atoms with van der Waals surface area (Å²) < 4.78 is 10.6. The molecule has 0 spiro atoms. The Balaban J connectivity index is 1.54. The molecule has 2 aromatic rings. The number of nitrogens with one attached hydrogen (secondary N) is 1. The van der Waals surface area contributed by atoms with Crippen molar-refractivity contribution in [2.75, 3.05) is 27.3 Å². The first-order valence-electron chi connectivity index (χ1n) is 9.89. The summed E-state index contributed by atoms with van der Waals surface area (Å²) in [7, 11) is 3.21. The van der Waals surface area contributed by atoms with Gasteiger partial charge in [-0.1, -0.05) is 25.1 Å². The van der Waals surface area contributed by atoms with Crippen LogP contribution in [0, 0.1) is 5.92 Å². The summed E-state index contributed by atoms with van der Waals surface area (Å²) in [5.74, 6) is 2.03. The van der Waals surface area contributed by atoms with Crippen molar-refractivity contribution in [3.05, 3.63) is 59.2 Å². The maximum atomic E-state index is 12.5. The summed E-state index contributed by atoms with van der Waals surface area (Å²) in [6, 6.07) is 13.6. The number of amides is 1. The van der Waals surface area contributed by atoms with Gasteiger partial charge >= 0.3 is 0 Å². The van der Waals surface area contributed by atoms with E-state index in [-0.39, 0.29) is 5.91 Å². The zero-order valence-corrected chi connectivity index (χ0v) is 17.0. The van der Waals surface area contributed by atoms with Gasteiger partial charge in [0.2, 0.25) is 0 Å². The lowest BCUT2D eigenvalue weighted by Crippen LogP contribution is -2.33. The second-order valence-electron chi connectivity index (χ2n) is 7.55. The number of likely N-dealkylation sites (tertiary alicyclic amines) is 1. The molecule has 0 radical (unpaired) electrons. The Morgan fingerprint density at radius 3 is 2.46 bits per heavy atom. The number of piperidine rings is 1. The molecule has 1 fully saturated rings. The van der Waals surface area contributed by atoms with Crippen molar-refractivity contribution in [1.29, 1.82) is 0 Å². The van der Waals surface area contributed by atoms with Gasteiger partial charge in [0.15, 0.2) is 11.5 Å². The maximum absolute atomic E-state index is 12.5. The van der Waals surface area contributed by atoms with Gasteiger partial charge in [-0.25, -0.2) is 0 Å². The van der Waals surface area contributed by atoms with E-state index in [2.05, 4.69) is 29.3 Å². The van der Waals surface area contributed by atoms with Gasteiger partial charge in [-0.3, -0.25) is 9.69 Å². The SMILES string of the molecule is COc1ccc(CNC(=O)c2ccc(CN3CCC[C@@H](C)C3)cc2)cc1OC. The second kappa shape index (κ2) is 9.60. The zero-order valence-electron chi connectivity index (χ0n) is 17.0. The fourth-order valence-corrected chi connectivity index (χ4v) is 3.73. The van der Waals surface area contributed by atoms with E-state index in [1.165, 1.54) is 18.4 Å². The van der Waals surface area contributed by atoms with Crippen LogP contribution in [-0.2, 0) is 13.1 Å². The van der Waals surface area contributed by atoms with Crippen molar-refractivity contribution in [2.24, 2.45) is 5.92 Å². The third-order valence-corrected chi connectivity index (χ3v) is 5.26. The second-order valence-corrected chi connectivity index (χ2v) is 7.55. The van der Waals surface area contributed by atoms with E-state index in [0.717, 1.165) is 31.1 Å². The van der Waals surface area contributed by atoms with Crippen LogP contribution in [0.2, 0.25) is 0 Å². The Morgan fingerprint density at radius 2 is 1.79 bits per heavy atom. The van der Waals surface area contributed by atoms with E-state index in [4.69, 9.17) is 9.47 Å². The van der Waals surface area contributed by atoms with Gasteiger partial charge in [-0.2, -0.15) is 0 Å². The highest BCUT2D eigenvalue weighted by Gasteiger charge is 2.16. The van der Waals surface area contributed by atoms with Crippen molar-refractivity contribution >= 4 is 5.91 Å². The van der Waals surface area contributed by atoms with Gasteiger partial charge in [-0.05, 0) is 60.7 Å². The van der Waals surface area contributed by atoms with Crippen LogP contribution < -0.4 is 14.8 Å². The third-order valence-electron chi connectivity index (χ3n) is 5.26. The van der Waals surface area contributed by atoms with Crippen LogP contribution in [0.3, 0.4) is 0 Å². The Bertz CT molecular complexity index is 789. The Morgan fingerprint density at radius 1 is 1.07 bits per heavy atom. The molecule has 150 valence electrons. The maximum Gasteiger partial charge on any atom is 0.251 e. The average Bonchev–Trinajstić information content (AvgIpc) is 2.72. The molecule has 1 aliphatic rings. The molecule has 5 nitrogen and oxygen atoms in total. The highest BCUT2D eigenvalue weighted by molar-refractivity contribution is 5.94. The minimum atomic E-state index is -0.0760. The Hall–Kier alpha value is -2.53. The summed E-state index contributed by atoms with van der Waals surface area (Å²) in [5, 5.41) is 2.96. The number of hydrogen-bond donors (Lipinski definition) is 1. The van der Waals surface area contributed by atoms with E-state index >= 15 is 0 Å². The molecule has 0 aromatic heterocycles. The van der Waals surface area contributed by atoms with Crippen LogP contribution in [-0.4, -0.2) is 38.1 Å². The number of nitrogens with zero attached hydrogens (tertiary/aromatic N) is 1. The van der Waals surface area contributed by atoms with E-state index in [1.807, 2.05) is 30.3 Å². The van der Waals surface area contributed by atoms with Gasteiger partial charge in [0.25, 0.3) is 5.91 Å². The van der Waals surface area contributed by atoms with Crippen molar-refractivity contribution in [3.63, 3.8) is 0 Å². The van der Waals surface area contributed by atoms with E-state index < -0.39 is 0 Å². The molecular formula is C23H30N2O3. The molecule has 3 rings (SSSR count). The number of hydrogen-bond acceptors (Lipinski definition) is 4. The molecule has 1 aliphatic heterocycles. The highest BCUT2D eigenvalue weighted by Crippen LogP contribution is 2.27. The molecule has 1 saturated heterocycles. The Labute approximate surface area is 167 Å². The number of ether oxygens (including phenoxy) is 2. The van der Waals surface area contributed by atoms with E-state index in [9.17, 15) is 4.79 Å². The monoisotopic (exact) mass is 382 g/mol. The van der Waals surface area contributed by atoms with E-state index in [1.54, 1.807) is 14.2 Å². The summed E-state index contributed by atoms with van der Waals surface area (Å²) in [6.45, 7) is 6.04. The lowest BCUT2D eigenvalue weighted by molar-refractivity contribution is 0.0951. The summed E-state index contributed by atoms with van der Waals surface area (Å²) in [4.78, 5) is 15.0. The first-order valence-corrected chi connectivity index (χ1v) is 9.89. The molecule has 0 saturated carbocycles. The molecule has 5 heteroatoms. The standard InChI is InChI=1S/C23H30N2O3/c1-17-5-4-12-25(15-17)16-18-6-9-20(10-7-18)23(26)24-14-19-8-11-21(27-2)22(13-19)28-3/h6-11,13,17H,4-5,12,14-16H2,1-3H3,(H,24,26)/t17-/m1/s1. The highest BCUT2D eigenvalue weighted by atomic mass is 16.5. The van der Waals surface area contributed by atoms with E-state index in [0.29, 0.717) is 23.6 Å². The predicted octanol–water partition coefficient (Wildman–Crippen LogP) is 3.87. The lowest BCUT2D eigenvalue weighted by atomic mass is 9.99. The summed E-state index contributed by atoms with van der Waals surface area (Å²) in [5.41, 5.74) is 2.89. The molecule has 0 bridgehead atoms. The smallest absolute Gasteiger partial charge is 0.251 e. The summed E-state index contributed by atoms with van der Waals surface area (Å²) in [6.07, 6.45) is 2.60. The fourth-order valence-electron chi connectivity index (χ4n) is 3.73. The van der Waals surface area contributed by atoms with Crippen molar-refractivity contribution in [3.8, 4) is 11.5 Å². The molecular weight excluding hydrogens is 352 g/mol. The van der Waals surface area contributed by atoms with Crippen LogP contribution in [0.25, 0.3) is 0 Å². The number of carbonyl (C=O) groups excluding carboxylic acids is 1. The fraction of sp³-hybridized carbons (Fsp3) is 0.435. The minimum absolute atomic E-state index is 0.0760. The molecule has 1 amide bonds. The molecule has 1 heterocycles. The number of carbonyl (C=O) groups is 1. The van der Waals surface area contributed by atoms with Crippen LogP contribution in [0.1, 0.15) is 41.3 Å². The van der Waals surface area contributed by atoms with Crippen LogP contribution in [0.5, 0.6) is 11.5 Å². The molecule has 1 N–H and O–H groups in total. The molecule has 0 unspecified atom stereocenters. The summed E-state index contributed by atoms with van der Waals surface area (Å²) >= 11 is 0. The molecule has 2 aromatic carbocycles. The van der Waals surface area contributed by atoms with Crippen LogP contribution in [0.15, 0.2) is 42.5 Å². The van der Waals surface area contributed by atoms with Crippen LogP contribution >= 0.6 is 0 Å². The normalized spacial score (nSPS) is 17.2. The van der Waals surface area contributed by atoms with Gasteiger partial charge in [0.1, 0.15) is 0 Å². The molecule has 0 aliphatic carbocycles. The Kier molecular flexibility index (Phi) is 6.93. The molecule has 1 atom stereocenters. The largest absolute Gasteiger partial charge is 0.493 e. The van der Waals surface area contributed by atoms with Crippen molar-refractivity contribution < 1.29 is 14.3 Å². The predicted molar refractivity (Wildman–Crippen MR) is 111 cm³/mol. The van der Waals surface area contributed by atoms with Crippen molar-refractivity contribution in [2.45, 2.75) is 32.9 Å². The zero-order chi connectivity index (χ0) is 19.9. The first kappa shape index (κ1) is 20.2. The number of rotatable bonds is 7. The third kappa shape index (κ3) is 5.26. The first-order chi connectivity index (χ1) is 13.6. The van der Waals surface area contributed by atoms with Gasteiger partial charge in [-0.15, -0.1) is 0 Å². The topological polar surface area (TPSA) is 50.8 Å².